The highest BCUT2D eigenvalue weighted by atomic mass is 32.2. The summed E-state index contributed by atoms with van der Waals surface area (Å²) in [4.78, 5) is 11.9. The van der Waals surface area contributed by atoms with Crippen LogP contribution in [0.15, 0.2) is 48.5 Å². The quantitative estimate of drug-likeness (QED) is 0.706. The number of sulfonamides is 1. The fourth-order valence-electron chi connectivity index (χ4n) is 2.59. The third-order valence-corrected chi connectivity index (χ3v) is 5.35. The molecule has 0 aromatic heterocycles. The van der Waals surface area contributed by atoms with Crippen LogP contribution < -0.4 is 5.32 Å². The molecule has 0 aliphatic rings. The Morgan fingerprint density at radius 3 is 2.07 bits per heavy atom. The molecule has 0 atom stereocenters. The summed E-state index contributed by atoms with van der Waals surface area (Å²) in [6.07, 6.45) is 1.17. The van der Waals surface area contributed by atoms with Gasteiger partial charge in [0.05, 0.1) is 12.7 Å². The molecule has 2 rings (SSSR count). The minimum absolute atomic E-state index is 0.0519. The molecule has 0 unspecified atom stereocenters. The molecule has 0 saturated carbocycles. The first-order valence-electron chi connectivity index (χ1n) is 8.46. The van der Waals surface area contributed by atoms with E-state index in [4.69, 9.17) is 0 Å². The topological polar surface area (TPSA) is 66.5 Å². The van der Waals surface area contributed by atoms with Gasteiger partial charge in [0.25, 0.3) is 0 Å². The van der Waals surface area contributed by atoms with Gasteiger partial charge in [0.2, 0.25) is 15.9 Å². The van der Waals surface area contributed by atoms with Crippen molar-refractivity contribution in [3.05, 3.63) is 71.3 Å². The number of rotatable bonds is 9. The van der Waals surface area contributed by atoms with Crippen molar-refractivity contribution in [1.29, 1.82) is 0 Å². The van der Waals surface area contributed by atoms with Crippen molar-refractivity contribution in [3.63, 3.8) is 0 Å². The average Bonchev–Trinajstić information content (AvgIpc) is 2.60. The van der Waals surface area contributed by atoms with Crippen molar-refractivity contribution in [3.8, 4) is 0 Å². The van der Waals surface area contributed by atoms with Crippen LogP contribution in [-0.2, 0) is 27.7 Å². The summed E-state index contributed by atoms with van der Waals surface area (Å²) in [6.45, 7) is 0.233. The zero-order valence-corrected chi connectivity index (χ0v) is 15.8. The van der Waals surface area contributed by atoms with Gasteiger partial charge in [-0.1, -0.05) is 36.4 Å². The molecule has 0 saturated heterocycles. The number of nitrogens with one attached hydrogen (secondary N) is 1. The maximum absolute atomic E-state index is 13.7. The zero-order valence-electron chi connectivity index (χ0n) is 15.0. The van der Waals surface area contributed by atoms with Crippen LogP contribution >= 0.6 is 0 Å². The predicted octanol–water partition coefficient (Wildman–Crippen LogP) is 2.13. The number of carbonyl (C=O) groups is 1. The van der Waals surface area contributed by atoms with E-state index in [0.29, 0.717) is 5.56 Å². The molecule has 0 radical (unpaired) electrons. The fourth-order valence-corrected chi connectivity index (χ4v) is 3.43. The van der Waals surface area contributed by atoms with E-state index in [2.05, 4.69) is 5.32 Å². The summed E-state index contributed by atoms with van der Waals surface area (Å²) in [5.74, 6) is -1.25. The number of nitrogens with zero attached hydrogens (tertiary/aromatic N) is 1. The monoisotopic (exact) mass is 396 g/mol. The molecule has 146 valence electrons. The van der Waals surface area contributed by atoms with Crippen LogP contribution in [0.3, 0.4) is 0 Å². The van der Waals surface area contributed by atoms with E-state index in [9.17, 15) is 22.0 Å². The Hall–Kier alpha value is -2.32. The lowest BCUT2D eigenvalue weighted by atomic mass is 10.1. The molecule has 8 heteroatoms. The van der Waals surface area contributed by atoms with E-state index in [-0.39, 0.29) is 43.9 Å². The van der Waals surface area contributed by atoms with E-state index < -0.39 is 21.7 Å². The van der Waals surface area contributed by atoms with Crippen LogP contribution in [0.2, 0.25) is 0 Å². The largest absolute Gasteiger partial charge is 0.354 e. The Bertz CT molecular complexity index is 888. The molecule has 0 bridgehead atoms. The number of carbonyl (C=O) groups excluding carboxylic acids is 1. The summed E-state index contributed by atoms with van der Waals surface area (Å²) in [5, 5.41) is 2.58. The Morgan fingerprint density at radius 2 is 1.52 bits per heavy atom. The third kappa shape index (κ3) is 6.73. The normalized spacial score (nSPS) is 11.6. The van der Waals surface area contributed by atoms with Gasteiger partial charge in [-0.15, -0.1) is 0 Å². The van der Waals surface area contributed by atoms with Crippen LogP contribution in [0.5, 0.6) is 0 Å². The Labute approximate surface area is 158 Å². The molecular formula is C19H22F2N2O3S. The van der Waals surface area contributed by atoms with E-state index in [1.54, 1.807) is 24.3 Å². The molecule has 1 amide bonds. The number of hydrogen-bond acceptors (Lipinski definition) is 3. The highest BCUT2D eigenvalue weighted by Gasteiger charge is 2.17. The maximum atomic E-state index is 13.7. The van der Waals surface area contributed by atoms with Gasteiger partial charge >= 0.3 is 0 Å². The van der Waals surface area contributed by atoms with Gasteiger partial charge in [0.15, 0.2) is 0 Å². The van der Waals surface area contributed by atoms with Gasteiger partial charge < -0.3 is 5.32 Å². The first-order valence-corrected chi connectivity index (χ1v) is 10.3. The zero-order chi connectivity index (χ0) is 19.9. The molecule has 27 heavy (non-hydrogen) atoms. The van der Waals surface area contributed by atoms with Crippen molar-refractivity contribution in [2.24, 2.45) is 0 Å². The number of benzene rings is 2. The SMILES string of the molecule is CS(=O)(=O)N(CCNC(=O)Cc1ccccc1F)CCc1ccccc1F. The summed E-state index contributed by atoms with van der Waals surface area (Å²) in [5.41, 5.74) is 0.698. The second kappa shape index (κ2) is 9.57. The number of halogens is 2. The second-order valence-corrected chi connectivity index (χ2v) is 8.10. The first kappa shape index (κ1) is 21.0. The van der Waals surface area contributed by atoms with Crippen molar-refractivity contribution >= 4 is 15.9 Å². The van der Waals surface area contributed by atoms with Crippen LogP contribution in [0.1, 0.15) is 11.1 Å². The maximum Gasteiger partial charge on any atom is 0.224 e. The highest BCUT2D eigenvalue weighted by molar-refractivity contribution is 7.88. The van der Waals surface area contributed by atoms with E-state index >= 15 is 0 Å². The number of amides is 1. The van der Waals surface area contributed by atoms with Crippen molar-refractivity contribution in [2.75, 3.05) is 25.9 Å². The minimum atomic E-state index is -3.51. The van der Waals surface area contributed by atoms with Gasteiger partial charge in [-0.25, -0.2) is 21.5 Å². The fraction of sp³-hybridized carbons (Fsp3) is 0.316. The molecule has 0 heterocycles. The lowest BCUT2D eigenvalue weighted by Crippen LogP contribution is -2.39. The first-order chi connectivity index (χ1) is 12.8. The van der Waals surface area contributed by atoms with Gasteiger partial charge in [0, 0.05) is 19.6 Å². The second-order valence-electron chi connectivity index (χ2n) is 6.12. The molecule has 0 fully saturated rings. The smallest absolute Gasteiger partial charge is 0.224 e. The lowest BCUT2D eigenvalue weighted by molar-refractivity contribution is -0.120. The Kier molecular flexibility index (Phi) is 7.44. The van der Waals surface area contributed by atoms with Crippen molar-refractivity contribution in [2.45, 2.75) is 12.8 Å². The van der Waals surface area contributed by atoms with Gasteiger partial charge in [-0.2, -0.15) is 0 Å². The Morgan fingerprint density at radius 1 is 0.963 bits per heavy atom. The molecule has 2 aromatic carbocycles. The molecule has 1 N–H and O–H groups in total. The van der Waals surface area contributed by atoms with E-state index in [1.165, 1.54) is 28.6 Å². The predicted molar refractivity (Wildman–Crippen MR) is 99.6 cm³/mol. The van der Waals surface area contributed by atoms with Crippen LogP contribution in [0.4, 0.5) is 8.78 Å². The molecule has 5 nitrogen and oxygen atoms in total. The highest BCUT2D eigenvalue weighted by Crippen LogP contribution is 2.09. The molecule has 0 spiro atoms. The van der Waals surface area contributed by atoms with Crippen LogP contribution in [0, 0.1) is 11.6 Å². The Balaban J connectivity index is 1.87. The third-order valence-electron chi connectivity index (χ3n) is 4.05. The van der Waals surface area contributed by atoms with Crippen molar-refractivity contribution < 1.29 is 22.0 Å². The van der Waals surface area contributed by atoms with Gasteiger partial charge in [-0.3, -0.25) is 4.79 Å². The number of hydrogen-bond donors (Lipinski definition) is 1. The standard InChI is InChI=1S/C19H22F2N2O3S/c1-27(25,26)23(12-10-15-6-2-4-8-17(15)20)13-11-22-19(24)14-16-7-3-5-9-18(16)21/h2-9H,10-14H2,1H3,(H,22,24). The molecule has 2 aromatic rings. The summed E-state index contributed by atoms with van der Waals surface area (Å²) in [7, 11) is -3.51. The van der Waals surface area contributed by atoms with Gasteiger partial charge in [-0.05, 0) is 29.7 Å². The van der Waals surface area contributed by atoms with E-state index in [0.717, 1.165) is 6.26 Å². The van der Waals surface area contributed by atoms with Crippen LogP contribution in [-0.4, -0.2) is 44.5 Å². The molecular weight excluding hydrogens is 374 g/mol. The summed E-state index contributed by atoms with van der Waals surface area (Å²) >= 11 is 0. The summed E-state index contributed by atoms with van der Waals surface area (Å²) in [6, 6.07) is 12.2. The lowest BCUT2D eigenvalue weighted by Gasteiger charge is -2.20. The van der Waals surface area contributed by atoms with Crippen molar-refractivity contribution in [1.82, 2.24) is 9.62 Å². The minimum Gasteiger partial charge on any atom is -0.354 e. The molecule has 0 aliphatic carbocycles. The average molecular weight is 396 g/mol. The van der Waals surface area contributed by atoms with Crippen LogP contribution in [0.25, 0.3) is 0 Å². The molecule has 0 aliphatic heterocycles. The van der Waals surface area contributed by atoms with E-state index in [1.807, 2.05) is 0 Å². The van der Waals surface area contributed by atoms with Gasteiger partial charge in [0.1, 0.15) is 11.6 Å². The summed E-state index contributed by atoms with van der Waals surface area (Å²) < 4.78 is 52.3.